The van der Waals surface area contributed by atoms with Crippen LogP contribution in [0.15, 0.2) is 65.2 Å². The van der Waals surface area contributed by atoms with Crippen molar-refractivity contribution in [3.63, 3.8) is 0 Å². The second-order valence-electron chi connectivity index (χ2n) is 6.90. The standard InChI is InChI=1S/C21H24N2O2S/c1-14(2)17-10-12-19(13-11-17)20-15(3)21(23-26(20,24)25)22-16(4)18-8-6-5-7-9-18/h5-14,16H,1-4H3,(H,22,23)/t16-/m0/s1. The highest BCUT2D eigenvalue weighted by molar-refractivity contribution is 8.00. The van der Waals surface area contributed by atoms with E-state index in [2.05, 4.69) is 23.6 Å². The van der Waals surface area contributed by atoms with Gasteiger partial charge in [-0.25, -0.2) is 8.42 Å². The molecular weight excluding hydrogens is 344 g/mol. The molecule has 0 radical (unpaired) electrons. The van der Waals surface area contributed by atoms with Crippen molar-refractivity contribution in [2.45, 2.75) is 39.7 Å². The lowest BCUT2D eigenvalue weighted by molar-refractivity contribution is 0.603. The topological polar surface area (TPSA) is 58.5 Å². The predicted octanol–water partition coefficient (Wildman–Crippen LogP) is 4.63. The zero-order chi connectivity index (χ0) is 18.9. The first kappa shape index (κ1) is 18.4. The fraction of sp³-hybridized carbons (Fsp3) is 0.286. The summed E-state index contributed by atoms with van der Waals surface area (Å²) in [5.74, 6) is 0.825. The minimum absolute atomic E-state index is 0.133. The average molecular weight is 369 g/mol. The van der Waals surface area contributed by atoms with Gasteiger partial charge in [-0.1, -0.05) is 68.4 Å². The first-order valence-corrected chi connectivity index (χ1v) is 10.2. The van der Waals surface area contributed by atoms with E-state index in [1.807, 2.05) is 61.5 Å². The molecule has 2 aromatic carbocycles. The summed E-state index contributed by atoms with van der Waals surface area (Å²) in [5.41, 5.74) is 3.57. The second-order valence-corrected chi connectivity index (χ2v) is 8.52. The first-order chi connectivity index (χ1) is 12.3. The van der Waals surface area contributed by atoms with Gasteiger partial charge >= 0.3 is 0 Å². The molecule has 1 aliphatic rings. The van der Waals surface area contributed by atoms with Gasteiger partial charge in [0.05, 0.1) is 6.04 Å². The third-order valence-corrected chi connectivity index (χ3v) is 6.18. The lowest BCUT2D eigenvalue weighted by atomic mass is 10.0. The number of nitrogens with zero attached hydrogens (tertiary/aromatic N) is 1. The number of benzene rings is 2. The van der Waals surface area contributed by atoms with Crippen LogP contribution in [0.1, 0.15) is 56.3 Å². The Morgan fingerprint density at radius 3 is 2.08 bits per heavy atom. The minimum Gasteiger partial charge on any atom is -0.263 e. The molecule has 0 bridgehead atoms. The first-order valence-electron chi connectivity index (χ1n) is 8.76. The van der Waals surface area contributed by atoms with Gasteiger partial charge < -0.3 is 0 Å². The van der Waals surface area contributed by atoms with E-state index in [0.29, 0.717) is 27.8 Å². The van der Waals surface area contributed by atoms with Crippen molar-refractivity contribution >= 4 is 20.8 Å². The van der Waals surface area contributed by atoms with Gasteiger partial charge in [-0.05, 0) is 36.5 Å². The summed E-state index contributed by atoms with van der Waals surface area (Å²) in [6.07, 6.45) is 0. The van der Waals surface area contributed by atoms with Gasteiger partial charge in [0.25, 0.3) is 10.0 Å². The van der Waals surface area contributed by atoms with Gasteiger partial charge in [0.1, 0.15) is 10.7 Å². The zero-order valence-corrected chi connectivity index (χ0v) is 16.3. The molecule has 4 nitrogen and oxygen atoms in total. The molecule has 2 aromatic rings. The van der Waals surface area contributed by atoms with Crippen LogP contribution in [-0.2, 0) is 10.0 Å². The van der Waals surface area contributed by atoms with E-state index in [1.54, 1.807) is 6.92 Å². The average Bonchev–Trinajstić information content (AvgIpc) is 2.84. The summed E-state index contributed by atoms with van der Waals surface area (Å²) in [4.78, 5) is 4.92. The molecule has 1 heterocycles. The van der Waals surface area contributed by atoms with Crippen LogP contribution in [-0.4, -0.2) is 14.3 Å². The quantitative estimate of drug-likeness (QED) is 0.855. The summed E-state index contributed by atoms with van der Waals surface area (Å²) in [6, 6.07) is 17.4. The normalized spacial score (nSPS) is 19.0. The number of aliphatic imine (C=N–C) groups is 1. The molecule has 0 aliphatic carbocycles. The summed E-state index contributed by atoms with van der Waals surface area (Å²) >= 11 is 0. The predicted molar refractivity (Wildman–Crippen MR) is 107 cm³/mol. The van der Waals surface area contributed by atoms with Crippen LogP contribution in [0.25, 0.3) is 4.91 Å². The van der Waals surface area contributed by atoms with Gasteiger partial charge in [-0.15, -0.1) is 0 Å². The second kappa shape index (κ2) is 7.08. The van der Waals surface area contributed by atoms with Crippen LogP contribution in [0.3, 0.4) is 0 Å². The molecule has 26 heavy (non-hydrogen) atoms. The van der Waals surface area contributed by atoms with E-state index in [9.17, 15) is 8.42 Å². The van der Waals surface area contributed by atoms with Crippen molar-refractivity contribution in [2.24, 2.45) is 4.99 Å². The Kier molecular flexibility index (Phi) is 5.01. The summed E-state index contributed by atoms with van der Waals surface area (Å²) in [6.45, 7) is 7.99. The van der Waals surface area contributed by atoms with E-state index in [-0.39, 0.29) is 6.04 Å². The van der Waals surface area contributed by atoms with Crippen LogP contribution in [0.5, 0.6) is 0 Å². The van der Waals surface area contributed by atoms with Gasteiger partial charge in [0, 0.05) is 5.57 Å². The number of sulfonamides is 1. The Morgan fingerprint density at radius 1 is 0.885 bits per heavy atom. The van der Waals surface area contributed by atoms with E-state index in [0.717, 1.165) is 5.56 Å². The molecule has 3 rings (SSSR count). The van der Waals surface area contributed by atoms with E-state index >= 15 is 0 Å². The Hall–Kier alpha value is -2.40. The summed E-state index contributed by atoms with van der Waals surface area (Å²) in [5, 5.41) is 0. The minimum atomic E-state index is -3.60. The Morgan fingerprint density at radius 2 is 1.50 bits per heavy atom. The van der Waals surface area contributed by atoms with E-state index < -0.39 is 10.0 Å². The maximum atomic E-state index is 12.7. The smallest absolute Gasteiger partial charge is 0.263 e. The van der Waals surface area contributed by atoms with Gasteiger partial charge in [-0.2, -0.15) is 0 Å². The maximum absolute atomic E-state index is 12.7. The largest absolute Gasteiger partial charge is 0.264 e. The Labute approximate surface area is 155 Å². The number of hydrogen-bond acceptors (Lipinski definition) is 3. The highest BCUT2D eigenvalue weighted by Gasteiger charge is 2.33. The number of amidine groups is 1. The van der Waals surface area contributed by atoms with Crippen molar-refractivity contribution in [2.75, 3.05) is 0 Å². The molecule has 1 aliphatic heterocycles. The van der Waals surface area contributed by atoms with Gasteiger partial charge in [0.15, 0.2) is 0 Å². The van der Waals surface area contributed by atoms with Crippen molar-refractivity contribution in [3.8, 4) is 0 Å². The number of hydrogen-bond donors (Lipinski definition) is 1. The number of nitrogens with one attached hydrogen (secondary N) is 1. The molecule has 1 N–H and O–H groups in total. The lowest BCUT2D eigenvalue weighted by Gasteiger charge is -2.08. The van der Waals surface area contributed by atoms with Crippen molar-refractivity contribution in [1.29, 1.82) is 0 Å². The molecule has 0 unspecified atom stereocenters. The van der Waals surface area contributed by atoms with Crippen LogP contribution in [0, 0.1) is 0 Å². The molecule has 0 spiro atoms. The van der Waals surface area contributed by atoms with E-state index in [1.165, 1.54) is 5.56 Å². The summed E-state index contributed by atoms with van der Waals surface area (Å²) < 4.78 is 28.0. The fourth-order valence-electron chi connectivity index (χ4n) is 3.08. The molecule has 0 saturated heterocycles. The van der Waals surface area contributed by atoms with Crippen LogP contribution in [0.2, 0.25) is 0 Å². The van der Waals surface area contributed by atoms with Crippen molar-refractivity contribution < 1.29 is 8.42 Å². The third kappa shape index (κ3) is 3.58. The van der Waals surface area contributed by atoms with Crippen molar-refractivity contribution in [3.05, 3.63) is 76.9 Å². The highest BCUT2D eigenvalue weighted by Crippen LogP contribution is 2.31. The molecule has 5 heteroatoms. The fourth-order valence-corrected chi connectivity index (χ4v) is 4.59. The van der Waals surface area contributed by atoms with Crippen LogP contribution < -0.4 is 4.72 Å². The molecule has 1 atom stereocenters. The van der Waals surface area contributed by atoms with Crippen LogP contribution in [0.4, 0.5) is 0 Å². The SMILES string of the molecule is CC1=C(c2ccc(C(C)C)cc2)S(=O)(=O)NC1=N[C@@H](C)c1ccccc1. The zero-order valence-electron chi connectivity index (χ0n) is 15.5. The Bertz CT molecular complexity index is 957. The Balaban J connectivity index is 2.00. The number of rotatable bonds is 4. The maximum Gasteiger partial charge on any atom is 0.264 e. The van der Waals surface area contributed by atoms with Gasteiger partial charge in [0.2, 0.25) is 0 Å². The van der Waals surface area contributed by atoms with Crippen molar-refractivity contribution in [1.82, 2.24) is 4.72 Å². The monoisotopic (exact) mass is 368 g/mol. The molecule has 136 valence electrons. The lowest BCUT2D eigenvalue weighted by Crippen LogP contribution is -2.24. The van der Waals surface area contributed by atoms with Crippen LogP contribution >= 0.6 is 0 Å². The molecule has 0 aromatic heterocycles. The molecule has 0 saturated carbocycles. The van der Waals surface area contributed by atoms with E-state index in [4.69, 9.17) is 0 Å². The third-order valence-electron chi connectivity index (χ3n) is 4.64. The summed E-state index contributed by atoms with van der Waals surface area (Å²) in [7, 11) is -3.60. The highest BCUT2D eigenvalue weighted by atomic mass is 32.2. The van der Waals surface area contributed by atoms with Gasteiger partial charge in [-0.3, -0.25) is 9.71 Å². The molecular formula is C21H24N2O2S. The molecule has 0 amide bonds. The molecule has 0 fully saturated rings.